The van der Waals surface area contributed by atoms with Crippen molar-refractivity contribution in [2.24, 2.45) is 0 Å². The molecule has 78 valence electrons. The van der Waals surface area contributed by atoms with Gasteiger partial charge in [0.05, 0.1) is 0 Å². The molecular weight excluding hydrogens is 172 g/mol. The highest BCUT2D eigenvalue weighted by Gasteiger charge is 2.06. The second-order valence-electron chi connectivity index (χ2n) is 3.57. The fraction of sp³-hybridized carbons (Fsp3) is 0.583. The molecule has 0 radical (unpaired) electrons. The SMILES string of the molecule is CCCC(Cc1ccccn1)NCC. The standard InChI is InChI=1S/C12H20N2/c1-3-7-11(13-4-2)10-12-8-5-6-9-14-12/h5-6,8-9,11,13H,3-4,7,10H2,1-2H3. The smallest absolute Gasteiger partial charge is 0.0419 e. The van der Waals surface area contributed by atoms with Crippen molar-refractivity contribution < 1.29 is 0 Å². The average Bonchev–Trinajstić information content (AvgIpc) is 2.20. The van der Waals surface area contributed by atoms with Crippen LogP contribution in [0.3, 0.4) is 0 Å². The molecule has 0 saturated carbocycles. The first-order chi connectivity index (χ1) is 6.86. The number of pyridine rings is 1. The predicted molar refractivity (Wildman–Crippen MR) is 60.3 cm³/mol. The Kier molecular flexibility index (Phi) is 5.23. The van der Waals surface area contributed by atoms with Crippen molar-refractivity contribution in [2.45, 2.75) is 39.2 Å². The topological polar surface area (TPSA) is 24.9 Å². The molecule has 1 aromatic heterocycles. The molecule has 2 heteroatoms. The second kappa shape index (κ2) is 6.55. The van der Waals surface area contributed by atoms with Crippen molar-refractivity contribution in [3.8, 4) is 0 Å². The van der Waals surface area contributed by atoms with Gasteiger partial charge in [-0.3, -0.25) is 4.98 Å². The number of hydrogen-bond donors (Lipinski definition) is 1. The third kappa shape index (κ3) is 3.88. The van der Waals surface area contributed by atoms with Gasteiger partial charge in [-0.05, 0) is 25.1 Å². The van der Waals surface area contributed by atoms with Crippen LogP contribution in [0, 0.1) is 0 Å². The molecule has 0 fully saturated rings. The van der Waals surface area contributed by atoms with Gasteiger partial charge in [-0.25, -0.2) is 0 Å². The molecular formula is C12H20N2. The Bertz CT molecular complexity index is 227. The van der Waals surface area contributed by atoms with Gasteiger partial charge in [0.2, 0.25) is 0 Å². The minimum absolute atomic E-state index is 0.583. The number of aromatic nitrogens is 1. The maximum Gasteiger partial charge on any atom is 0.0419 e. The maximum atomic E-state index is 4.34. The Balaban J connectivity index is 2.46. The summed E-state index contributed by atoms with van der Waals surface area (Å²) in [6.07, 6.45) is 5.36. The van der Waals surface area contributed by atoms with Gasteiger partial charge in [-0.15, -0.1) is 0 Å². The first-order valence-electron chi connectivity index (χ1n) is 5.50. The molecule has 0 amide bonds. The van der Waals surface area contributed by atoms with Crippen LogP contribution in [0.2, 0.25) is 0 Å². The molecule has 0 aromatic carbocycles. The Morgan fingerprint density at radius 1 is 1.36 bits per heavy atom. The second-order valence-corrected chi connectivity index (χ2v) is 3.57. The highest BCUT2D eigenvalue weighted by Crippen LogP contribution is 2.04. The van der Waals surface area contributed by atoms with Gasteiger partial charge in [0.1, 0.15) is 0 Å². The molecule has 1 aromatic rings. The first kappa shape index (κ1) is 11.2. The molecule has 0 spiro atoms. The molecule has 0 bridgehead atoms. The van der Waals surface area contributed by atoms with E-state index in [2.05, 4.69) is 36.3 Å². The van der Waals surface area contributed by atoms with Crippen LogP contribution in [0.4, 0.5) is 0 Å². The summed E-state index contributed by atoms with van der Waals surface area (Å²) in [5.41, 5.74) is 1.19. The van der Waals surface area contributed by atoms with E-state index < -0.39 is 0 Å². The quantitative estimate of drug-likeness (QED) is 0.748. The van der Waals surface area contributed by atoms with Gasteiger partial charge >= 0.3 is 0 Å². The molecule has 1 atom stereocenters. The van der Waals surface area contributed by atoms with Crippen LogP contribution in [-0.4, -0.2) is 17.6 Å². The summed E-state index contributed by atoms with van der Waals surface area (Å²) in [7, 11) is 0. The zero-order chi connectivity index (χ0) is 10.2. The molecule has 0 aliphatic rings. The molecule has 1 heterocycles. The van der Waals surface area contributed by atoms with E-state index in [1.807, 2.05) is 12.3 Å². The van der Waals surface area contributed by atoms with Gasteiger partial charge in [0, 0.05) is 24.4 Å². The van der Waals surface area contributed by atoms with E-state index in [0.29, 0.717) is 6.04 Å². The van der Waals surface area contributed by atoms with Crippen LogP contribution in [-0.2, 0) is 6.42 Å². The van der Waals surface area contributed by atoms with Gasteiger partial charge in [-0.2, -0.15) is 0 Å². The normalized spacial score (nSPS) is 12.7. The van der Waals surface area contributed by atoms with Crippen molar-refractivity contribution in [1.82, 2.24) is 10.3 Å². The summed E-state index contributed by atoms with van der Waals surface area (Å²) in [5.74, 6) is 0. The molecule has 14 heavy (non-hydrogen) atoms. The molecule has 1 unspecified atom stereocenters. The van der Waals surface area contributed by atoms with E-state index >= 15 is 0 Å². The molecule has 0 saturated heterocycles. The van der Waals surface area contributed by atoms with Crippen LogP contribution in [0.25, 0.3) is 0 Å². The average molecular weight is 192 g/mol. The van der Waals surface area contributed by atoms with E-state index in [1.54, 1.807) is 0 Å². The van der Waals surface area contributed by atoms with Crippen LogP contribution < -0.4 is 5.32 Å². The largest absolute Gasteiger partial charge is 0.314 e. The minimum atomic E-state index is 0.583. The summed E-state index contributed by atoms with van der Waals surface area (Å²) >= 11 is 0. The van der Waals surface area contributed by atoms with Crippen molar-refractivity contribution in [2.75, 3.05) is 6.54 Å². The zero-order valence-electron chi connectivity index (χ0n) is 9.16. The lowest BCUT2D eigenvalue weighted by atomic mass is 10.1. The molecule has 0 aliphatic heterocycles. The molecule has 2 nitrogen and oxygen atoms in total. The Hall–Kier alpha value is -0.890. The lowest BCUT2D eigenvalue weighted by Crippen LogP contribution is -2.31. The summed E-state index contributed by atoms with van der Waals surface area (Å²) in [4.78, 5) is 4.34. The molecule has 1 N–H and O–H groups in total. The van der Waals surface area contributed by atoms with E-state index in [-0.39, 0.29) is 0 Å². The number of nitrogens with one attached hydrogen (secondary N) is 1. The monoisotopic (exact) mass is 192 g/mol. The third-order valence-electron chi connectivity index (χ3n) is 2.31. The Morgan fingerprint density at radius 3 is 2.79 bits per heavy atom. The molecule has 0 aliphatic carbocycles. The van der Waals surface area contributed by atoms with Crippen molar-refractivity contribution in [3.63, 3.8) is 0 Å². The van der Waals surface area contributed by atoms with E-state index in [9.17, 15) is 0 Å². The van der Waals surface area contributed by atoms with Gasteiger partial charge < -0.3 is 5.32 Å². The van der Waals surface area contributed by atoms with E-state index in [4.69, 9.17) is 0 Å². The minimum Gasteiger partial charge on any atom is -0.314 e. The van der Waals surface area contributed by atoms with Crippen LogP contribution in [0.15, 0.2) is 24.4 Å². The lowest BCUT2D eigenvalue weighted by molar-refractivity contribution is 0.482. The Morgan fingerprint density at radius 2 is 2.21 bits per heavy atom. The van der Waals surface area contributed by atoms with Crippen molar-refractivity contribution in [1.29, 1.82) is 0 Å². The van der Waals surface area contributed by atoms with Gasteiger partial charge in [-0.1, -0.05) is 26.3 Å². The highest BCUT2D eigenvalue weighted by molar-refractivity contribution is 5.05. The van der Waals surface area contributed by atoms with Gasteiger partial charge in [0.15, 0.2) is 0 Å². The fourth-order valence-corrected chi connectivity index (χ4v) is 1.68. The number of hydrogen-bond acceptors (Lipinski definition) is 2. The molecule has 1 rings (SSSR count). The zero-order valence-corrected chi connectivity index (χ0v) is 9.16. The van der Waals surface area contributed by atoms with Crippen LogP contribution in [0.1, 0.15) is 32.4 Å². The maximum absolute atomic E-state index is 4.34. The van der Waals surface area contributed by atoms with Crippen molar-refractivity contribution in [3.05, 3.63) is 30.1 Å². The van der Waals surface area contributed by atoms with Gasteiger partial charge in [0.25, 0.3) is 0 Å². The number of nitrogens with zero attached hydrogens (tertiary/aromatic N) is 1. The summed E-state index contributed by atoms with van der Waals surface area (Å²) < 4.78 is 0. The van der Waals surface area contributed by atoms with E-state index in [0.717, 1.165) is 13.0 Å². The van der Waals surface area contributed by atoms with Crippen molar-refractivity contribution >= 4 is 0 Å². The summed E-state index contributed by atoms with van der Waals surface area (Å²) in [6.45, 7) is 5.42. The van der Waals surface area contributed by atoms with E-state index in [1.165, 1.54) is 18.5 Å². The fourth-order valence-electron chi connectivity index (χ4n) is 1.68. The predicted octanol–water partition coefficient (Wildman–Crippen LogP) is 2.40. The summed E-state index contributed by atoms with van der Waals surface area (Å²) in [5, 5.41) is 3.49. The third-order valence-corrected chi connectivity index (χ3v) is 2.31. The Labute approximate surface area is 86.8 Å². The summed E-state index contributed by atoms with van der Waals surface area (Å²) in [6, 6.07) is 6.70. The van der Waals surface area contributed by atoms with Crippen LogP contribution >= 0.6 is 0 Å². The number of likely N-dealkylation sites (N-methyl/N-ethyl adjacent to an activating group) is 1. The highest BCUT2D eigenvalue weighted by atomic mass is 14.9. The van der Waals surface area contributed by atoms with Crippen LogP contribution in [0.5, 0.6) is 0 Å². The first-order valence-corrected chi connectivity index (χ1v) is 5.50. The number of rotatable bonds is 6. The lowest BCUT2D eigenvalue weighted by Gasteiger charge is -2.16.